The third kappa shape index (κ3) is 1.40. The topological polar surface area (TPSA) is 52.0 Å². The fourth-order valence-electron chi connectivity index (χ4n) is 1.30. The van der Waals surface area contributed by atoms with Crippen molar-refractivity contribution in [3.63, 3.8) is 0 Å². The van der Waals surface area contributed by atoms with E-state index in [1.165, 1.54) is 0 Å². The smallest absolute Gasteiger partial charge is 0.124 e. The number of alkyl halides is 1. The van der Waals surface area contributed by atoms with Gasteiger partial charge in [0.25, 0.3) is 0 Å². The largest absolute Gasteiger partial charge is 0.328 e. The van der Waals surface area contributed by atoms with Crippen LogP contribution >= 0.6 is 0 Å². The van der Waals surface area contributed by atoms with E-state index in [2.05, 4.69) is 0 Å². The summed E-state index contributed by atoms with van der Waals surface area (Å²) in [4.78, 5) is 0. The second kappa shape index (κ2) is 2.23. The Bertz CT molecular complexity index is 107. The van der Waals surface area contributed by atoms with Crippen molar-refractivity contribution in [2.24, 2.45) is 11.5 Å². The van der Waals surface area contributed by atoms with Gasteiger partial charge in [-0.2, -0.15) is 0 Å². The molecular weight excluding hydrogens is 119 g/mol. The van der Waals surface area contributed by atoms with E-state index in [-0.39, 0.29) is 12.6 Å². The summed E-state index contributed by atoms with van der Waals surface area (Å²) in [6.45, 7) is 0.126. The van der Waals surface area contributed by atoms with Crippen molar-refractivity contribution < 1.29 is 4.39 Å². The van der Waals surface area contributed by atoms with Crippen molar-refractivity contribution >= 4 is 0 Å². The monoisotopic (exact) mass is 132 g/mol. The van der Waals surface area contributed by atoms with Gasteiger partial charge in [-0.1, -0.05) is 0 Å². The third-order valence-electron chi connectivity index (χ3n) is 1.96. The van der Waals surface area contributed by atoms with Crippen molar-refractivity contribution in [2.45, 2.75) is 31.0 Å². The van der Waals surface area contributed by atoms with Gasteiger partial charge in [0.05, 0.1) is 0 Å². The van der Waals surface area contributed by atoms with Gasteiger partial charge in [0.2, 0.25) is 0 Å². The minimum atomic E-state index is -1.14. The molecule has 9 heavy (non-hydrogen) atoms. The summed E-state index contributed by atoms with van der Waals surface area (Å²) in [6.07, 6.45) is 1.78. The first kappa shape index (κ1) is 6.96. The molecule has 0 radical (unpaired) electrons. The van der Waals surface area contributed by atoms with Crippen LogP contribution in [-0.4, -0.2) is 18.3 Å². The van der Waals surface area contributed by atoms with E-state index in [9.17, 15) is 4.39 Å². The molecule has 0 aromatic heterocycles. The van der Waals surface area contributed by atoms with E-state index in [0.29, 0.717) is 12.8 Å². The maximum Gasteiger partial charge on any atom is 0.124 e. The highest BCUT2D eigenvalue weighted by atomic mass is 19.1. The van der Waals surface area contributed by atoms with Gasteiger partial charge in [0, 0.05) is 12.6 Å². The van der Waals surface area contributed by atoms with Gasteiger partial charge < -0.3 is 11.5 Å². The van der Waals surface area contributed by atoms with Crippen LogP contribution in [0.4, 0.5) is 4.39 Å². The standard InChI is InChI=1S/C6H13FN2/c7-6(4-8)2-1-5(9)3-6/h5H,1-4,8-9H2. The Labute approximate surface area is 54.4 Å². The average Bonchev–Trinajstić information content (AvgIpc) is 2.13. The molecule has 54 valence electrons. The molecule has 3 heteroatoms. The van der Waals surface area contributed by atoms with E-state index >= 15 is 0 Å². The first-order chi connectivity index (χ1) is 4.16. The molecule has 0 amide bonds. The first-order valence-corrected chi connectivity index (χ1v) is 3.31. The Morgan fingerprint density at radius 1 is 1.67 bits per heavy atom. The van der Waals surface area contributed by atoms with Crippen molar-refractivity contribution in [1.82, 2.24) is 0 Å². The second-order valence-electron chi connectivity index (χ2n) is 2.86. The van der Waals surface area contributed by atoms with Crippen LogP contribution in [0.1, 0.15) is 19.3 Å². The highest BCUT2D eigenvalue weighted by molar-refractivity contribution is 4.92. The maximum atomic E-state index is 13.1. The van der Waals surface area contributed by atoms with Gasteiger partial charge in [-0.15, -0.1) is 0 Å². The molecule has 1 aliphatic rings. The molecule has 1 fully saturated rings. The molecule has 1 aliphatic carbocycles. The fraction of sp³-hybridized carbons (Fsp3) is 1.00. The van der Waals surface area contributed by atoms with Gasteiger partial charge in [-0.05, 0) is 19.3 Å². The zero-order valence-corrected chi connectivity index (χ0v) is 5.44. The lowest BCUT2D eigenvalue weighted by molar-refractivity contribution is 0.181. The van der Waals surface area contributed by atoms with Crippen molar-refractivity contribution in [2.75, 3.05) is 6.54 Å². The highest BCUT2D eigenvalue weighted by Crippen LogP contribution is 2.31. The number of hydrogen-bond acceptors (Lipinski definition) is 2. The molecule has 0 aromatic carbocycles. The van der Waals surface area contributed by atoms with Gasteiger partial charge >= 0.3 is 0 Å². The summed E-state index contributed by atoms with van der Waals surface area (Å²) in [5.41, 5.74) is 9.55. The van der Waals surface area contributed by atoms with E-state index < -0.39 is 5.67 Å². The fourth-order valence-corrected chi connectivity index (χ4v) is 1.30. The Morgan fingerprint density at radius 2 is 2.33 bits per heavy atom. The first-order valence-electron chi connectivity index (χ1n) is 3.31. The summed E-state index contributed by atoms with van der Waals surface area (Å²) in [5, 5.41) is 0. The number of halogens is 1. The molecule has 1 rings (SSSR count). The average molecular weight is 132 g/mol. The Hall–Kier alpha value is -0.150. The molecule has 2 unspecified atom stereocenters. The lowest BCUT2D eigenvalue weighted by Crippen LogP contribution is -2.31. The maximum absolute atomic E-state index is 13.1. The third-order valence-corrected chi connectivity index (χ3v) is 1.96. The Kier molecular flexibility index (Phi) is 1.73. The van der Waals surface area contributed by atoms with Crippen LogP contribution in [-0.2, 0) is 0 Å². The highest BCUT2D eigenvalue weighted by Gasteiger charge is 2.36. The molecule has 0 aromatic rings. The van der Waals surface area contributed by atoms with Gasteiger partial charge in [0.15, 0.2) is 0 Å². The van der Waals surface area contributed by atoms with E-state index in [4.69, 9.17) is 11.5 Å². The summed E-state index contributed by atoms with van der Waals surface area (Å²) in [6, 6.07) is 0.0403. The summed E-state index contributed by atoms with van der Waals surface area (Å²) >= 11 is 0. The SMILES string of the molecule is NCC1(F)CCC(N)C1. The molecule has 4 N–H and O–H groups in total. The van der Waals surface area contributed by atoms with Crippen molar-refractivity contribution in [3.05, 3.63) is 0 Å². The minimum Gasteiger partial charge on any atom is -0.328 e. The molecule has 1 saturated carbocycles. The van der Waals surface area contributed by atoms with Crippen molar-refractivity contribution in [3.8, 4) is 0 Å². The molecule has 0 aliphatic heterocycles. The second-order valence-corrected chi connectivity index (χ2v) is 2.86. The summed E-state index contributed by atoms with van der Waals surface area (Å²) in [7, 11) is 0. The number of hydrogen-bond donors (Lipinski definition) is 2. The predicted molar refractivity (Wildman–Crippen MR) is 34.7 cm³/mol. The number of nitrogens with two attached hydrogens (primary N) is 2. The molecule has 2 atom stereocenters. The zero-order chi connectivity index (χ0) is 6.91. The van der Waals surface area contributed by atoms with Crippen LogP contribution < -0.4 is 11.5 Å². The molecule has 2 nitrogen and oxygen atoms in total. The van der Waals surface area contributed by atoms with Crippen LogP contribution in [0, 0.1) is 0 Å². The normalized spacial score (nSPS) is 43.7. The van der Waals surface area contributed by atoms with Crippen LogP contribution in [0.3, 0.4) is 0 Å². The summed E-state index contributed by atoms with van der Waals surface area (Å²) in [5.74, 6) is 0. The number of rotatable bonds is 1. The molecular formula is C6H13FN2. The molecule has 0 spiro atoms. The van der Waals surface area contributed by atoms with E-state index in [1.807, 2.05) is 0 Å². The van der Waals surface area contributed by atoms with E-state index in [0.717, 1.165) is 6.42 Å². The zero-order valence-electron chi connectivity index (χ0n) is 5.44. The van der Waals surface area contributed by atoms with Crippen LogP contribution in [0.5, 0.6) is 0 Å². The van der Waals surface area contributed by atoms with Crippen LogP contribution in [0.25, 0.3) is 0 Å². The Morgan fingerprint density at radius 3 is 2.56 bits per heavy atom. The van der Waals surface area contributed by atoms with Crippen LogP contribution in [0.2, 0.25) is 0 Å². The van der Waals surface area contributed by atoms with Gasteiger partial charge in [-0.25, -0.2) is 4.39 Å². The lowest BCUT2D eigenvalue weighted by atomic mass is 10.1. The molecule has 0 bridgehead atoms. The van der Waals surface area contributed by atoms with Crippen LogP contribution in [0.15, 0.2) is 0 Å². The van der Waals surface area contributed by atoms with E-state index in [1.54, 1.807) is 0 Å². The Balaban J connectivity index is 2.45. The van der Waals surface area contributed by atoms with Crippen molar-refractivity contribution in [1.29, 1.82) is 0 Å². The quantitative estimate of drug-likeness (QED) is 0.534. The summed E-state index contributed by atoms with van der Waals surface area (Å²) < 4.78 is 13.1. The predicted octanol–water partition coefficient (Wildman–Crippen LogP) is 0.165. The van der Waals surface area contributed by atoms with Gasteiger partial charge in [-0.3, -0.25) is 0 Å². The lowest BCUT2D eigenvalue weighted by Gasteiger charge is -2.15. The minimum absolute atomic E-state index is 0.0403. The molecule has 0 saturated heterocycles. The van der Waals surface area contributed by atoms with Gasteiger partial charge in [0.1, 0.15) is 5.67 Å². The molecule has 0 heterocycles.